The maximum absolute atomic E-state index is 12.5. The zero-order valence-electron chi connectivity index (χ0n) is 15.7. The van der Waals surface area contributed by atoms with Crippen molar-refractivity contribution in [3.05, 3.63) is 35.7 Å². The predicted octanol–water partition coefficient (Wildman–Crippen LogP) is 0.409. The molecule has 0 aliphatic rings. The van der Waals surface area contributed by atoms with Crippen molar-refractivity contribution >= 4 is 22.6 Å². The number of aryl methyl sites for hydroxylation is 1. The summed E-state index contributed by atoms with van der Waals surface area (Å²) >= 11 is 0. The molecule has 0 radical (unpaired) electrons. The number of halogens is 1. The summed E-state index contributed by atoms with van der Waals surface area (Å²) < 4.78 is 5.05. The van der Waals surface area contributed by atoms with E-state index < -0.39 is 0 Å². The molecule has 136 valence electrons. The van der Waals surface area contributed by atoms with Crippen LogP contribution >= 0.6 is 0 Å². The van der Waals surface area contributed by atoms with Gasteiger partial charge in [-0.3, -0.25) is 9.20 Å². The average Bonchev–Trinajstić information content (AvgIpc) is 3.09. The van der Waals surface area contributed by atoms with Crippen molar-refractivity contribution in [3.63, 3.8) is 0 Å². The molecule has 0 atom stereocenters. The van der Waals surface area contributed by atoms with Gasteiger partial charge in [0.1, 0.15) is 17.9 Å². The maximum Gasteiger partial charge on any atom is 0.215 e. The number of aromatic nitrogens is 3. The normalized spacial score (nSPS) is 11.9. The van der Waals surface area contributed by atoms with Gasteiger partial charge in [-0.2, -0.15) is 0 Å². The Bertz CT molecular complexity index is 897. The van der Waals surface area contributed by atoms with Crippen LogP contribution in [-0.2, 0) is 13.6 Å². The van der Waals surface area contributed by atoms with Crippen LogP contribution in [0.15, 0.2) is 24.3 Å². The van der Waals surface area contributed by atoms with Gasteiger partial charge in [-0.25, -0.2) is 4.98 Å². The molecule has 0 aliphatic heterocycles. The average molecular weight is 407 g/mol. The van der Waals surface area contributed by atoms with Gasteiger partial charge in [0.15, 0.2) is 5.78 Å². The molecule has 0 aliphatic carbocycles. The quantitative estimate of drug-likeness (QED) is 0.439. The van der Waals surface area contributed by atoms with E-state index in [-0.39, 0.29) is 22.8 Å². The minimum absolute atomic E-state index is 0. The summed E-state index contributed by atoms with van der Waals surface area (Å²) in [6.45, 7) is 12.2. The summed E-state index contributed by atoms with van der Waals surface area (Å²) in [6, 6.07) is 8.15. The molecular weight excluding hydrogens is 380 g/mol. The van der Waals surface area contributed by atoms with Crippen LogP contribution < -0.4 is 17.0 Å². The van der Waals surface area contributed by atoms with E-state index in [1.165, 1.54) is 0 Å². The van der Waals surface area contributed by atoms with Crippen molar-refractivity contribution in [3.8, 4) is 0 Å². The Hall–Kier alpha value is -1.66. The highest BCUT2D eigenvalue weighted by Gasteiger charge is 2.29. The molecule has 25 heavy (non-hydrogen) atoms. The van der Waals surface area contributed by atoms with Crippen molar-refractivity contribution in [2.45, 2.75) is 34.2 Å². The molecule has 0 unspecified atom stereocenters. The maximum atomic E-state index is 12.5. The van der Waals surface area contributed by atoms with E-state index in [0.717, 1.165) is 58.9 Å². The standard InChI is InChI=1S/C19H27N4O.BrH/c1-6-23(7-2,8-3)13-15-18(14(4)24)22-17-12-10-9-11-16(17)21(5)19(22)20-15;/h9-12H,6-8,13H2,1-5H3;1H/q+1;/p-1. The number of imidazole rings is 2. The lowest BCUT2D eigenvalue weighted by Gasteiger charge is -2.35. The van der Waals surface area contributed by atoms with Gasteiger partial charge in [0.05, 0.1) is 30.7 Å². The fourth-order valence-electron chi connectivity index (χ4n) is 3.75. The molecular formula is C19H27BrN4O. The second-order valence-electron chi connectivity index (χ2n) is 6.59. The molecule has 2 heterocycles. The number of rotatable bonds is 6. The lowest BCUT2D eigenvalue weighted by molar-refractivity contribution is -0.936. The minimum atomic E-state index is 0. The van der Waals surface area contributed by atoms with Crippen LogP contribution in [0.2, 0.25) is 0 Å². The molecule has 3 aromatic rings. The van der Waals surface area contributed by atoms with Gasteiger partial charge in [0.2, 0.25) is 5.78 Å². The molecule has 2 aromatic heterocycles. The number of carbonyl (C=O) groups is 1. The molecule has 0 spiro atoms. The first kappa shape index (κ1) is 19.7. The van der Waals surface area contributed by atoms with E-state index in [1.807, 2.05) is 23.6 Å². The topological polar surface area (TPSA) is 39.3 Å². The molecule has 0 fully saturated rings. The van der Waals surface area contributed by atoms with Crippen molar-refractivity contribution in [2.75, 3.05) is 19.6 Å². The van der Waals surface area contributed by atoms with Gasteiger partial charge in [0, 0.05) is 14.0 Å². The number of hydrogen-bond donors (Lipinski definition) is 0. The monoisotopic (exact) mass is 406 g/mol. The third-order valence-electron chi connectivity index (χ3n) is 5.55. The molecule has 0 N–H and O–H groups in total. The van der Waals surface area contributed by atoms with Crippen molar-refractivity contribution < 1.29 is 26.3 Å². The Kier molecular flexibility index (Phi) is 5.74. The first-order chi connectivity index (χ1) is 11.5. The molecule has 3 rings (SSSR count). The lowest BCUT2D eigenvalue weighted by Crippen LogP contribution is -3.00. The lowest BCUT2D eigenvalue weighted by atomic mass is 10.2. The van der Waals surface area contributed by atoms with E-state index >= 15 is 0 Å². The van der Waals surface area contributed by atoms with Crippen LogP contribution in [0.3, 0.4) is 0 Å². The fraction of sp³-hybridized carbons (Fsp3) is 0.474. The molecule has 0 bridgehead atoms. The van der Waals surface area contributed by atoms with Crippen molar-refractivity contribution in [1.29, 1.82) is 0 Å². The van der Waals surface area contributed by atoms with Gasteiger partial charge < -0.3 is 26.0 Å². The molecule has 0 amide bonds. The van der Waals surface area contributed by atoms with E-state index in [4.69, 9.17) is 4.98 Å². The number of fused-ring (bicyclic) bond motifs is 3. The highest BCUT2D eigenvalue weighted by Crippen LogP contribution is 2.26. The number of nitrogens with zero attached hydrogens (tertiary/aromatic N) is 4. The molecule has 0 saturated carbocycles. The third kappa shape index (κ3) is 3.02. The third-order valence-corrected chi connectivity index (χ3v) is 5.55. The van der Waals surface area contributed by atoms with E-state index in [2.05, 4.69) is 37.5 Å². The van der Waals surface area contributed by atoms with Gasteiger partial charge in [-0.15, -0.1) is 0 Å². The Morgan fingerprint density at radius 3 is 2.16 bits per heavy atom. The number of para-hydroxylation sites is 2. The van der Waals surface area contributed by atoms with Crippen LogP contribution in [0.1, 0.15) is 43.9 Å². The van der Waals surface area contributed by atoms with E-state index in [1.54, 1.807) is 6.92 Å². The van der Waals surface area contributed by atoms with Gasteiger partial charge >= 0.3 is 0 Å². The van der Waals surface area contributed by atoms with Gasteiger partial charge in [0.25, 0.3) is 0 Å². The number of benzene rings is 1. The highest BCUT2D eigenvalue weighted by atomic mass is 79.9. The summed E-state index contributed by atoms with van der Waals surface area (Å²) in [5.74, 6) is 0.924. The van der Waals surface area contributed by atoms with Crippen molar-refractivity contribution in [2.24, 2.45) is 7.05 Å². The number of quaternary nitrogens is 1. The minimum Gasteiger partial charge on any atom is -1.00 e. The fourth-order valence-corrected chi connectivity index (χ4v) is 3.75. The van der Waals surface area contributed by atoms with Gasteiger partial charge in [-0.05, 0) is 32.9 Å². The van der Waals surface area contributed by atoms with E-state index in [0.29, 0.717) is 0 Å². The van der Waals surface area contributed by atoms with Crippen LogP contribution in [0.25, 0.3) is 16.8 Å². The van der Waals surface area contributed by atoms with Gasteiger partial charge in [-0.1, -0.05) is 12.1 Å². The number of ketones is 1. The van der Waals surface area contributed by atoms with Crippen LogP contribution in [0.4, 0.5) is 0 Å². The SMILES string of the molecule is CC[N+](CC)(CC)Cc1nc2n(C)c3ccccc3n2c1C(C)=O.[Br-]. The number of Topliss-reactive ketones (excluding diaryl/α,β-unsaturated/α-hetero) is 1. The van der Waals surface area contributed by atoms with Crippen molar-refractivity contribution in [1.82, 2.24) is 14.0 Å². The smallest absolute Gasteiger partial charge is 0.215 e. The number of hydrogen-bond acceptors (Lipinski definition) is 2. The highest BCUT2D eigenvalue weighted by molar-refractivity contribution is 5.97. The second-order valence-corrected chi connectivity index (χ2v) is 6.59. The molecule has 5 nitrogen and oxygen atoms in total. The van der Waals surface area contributed by atoms with Crippen LogP contribution in [0, 0.1) is 0 Å². The Labute approximate surface area is 159 Å². The zero-order valence-corrected chi connectivity index (χ0v) is 17.3. The van der Waals surface area contributed by atoms with Crippen LogP contribution in [-0.4, -0.2) is 43.9 Å². The Morgan fingerprint density at radius 1 is 1.08 bits per heavy atom. The second kappa shape index (κ2) is 7.30. The summed E-state index contributed by atoms with van der Waals surface area (Å²) in [4.78, 5) is 17.4. The summed E-state index contributed by atoms with van der Waals surface area (Å²) in [7, 11) is 2.01. The Morgan fingerprint density at radius 2 is 1.64 bits per heavy atom. The predicted molar refractivity (Wildman–Crippen MR) is 97.3 cm³/mol. The molecule has 0 saturated heterocycles. The Balaban J connectivity index is 0.00000225. The zero-order chi connectivity index (χ0) is 17.5. The largest absolute Gasteiger partial charge is 1.00 e. The summed E-state index contributed by atoms with van der Waals surface area (Å²) in [5.41, 5.74) is 3.79. The van der Waals surface area contributed by atoms with Crippen LogP contribution in [0.5, 0.6) is 0 Å². The summed E-state index contributed by atoms with van der Waals surface area (Å²) in [5, 5.41) is 0. The first-order valence-corrected chi connectivity index (χ1v) is 8.78. The van der Waals surface area contributed by atoms with E-state index in [9.17, 15) is 4.79 Å². The molecule has 6 heteroatoms. The summed E-state index contributed by atoms with van der Waals surface area (Å²) in [6.07, 6.45) is 0. The molecule has 1 aromatic carbocycles. The first-order valence-electron chi connectivity index (χ1n) is 8.78. The number of carbonyl (C=O) groups excluding carboxylic acids is 1.